The maximum absolute atomic E-state index is 12.2. The van der Waals surface area contributed by atoms with Crippen LogP contribution in [0.25, 0.3) is 0 Å². The number of ether oxygens (including phenoxy) is 2. The molecule has 0 bridgehead atoms. The molecule has 1 atom stereocenters. The zero-order chi connectivity index (χ0) is 13.9. The van der Waals surface area contributed by atoms with E-state index in [-0.39, 0.29) is 17.6 Å². The van der Waals surface area contributed by atoms with E-state index >= 15 is 0 Å². The standard InChI is InChI=1S/C15H21NO3/c1-15(2,3)19-10-12-9-18-8-11-6-4-5-7-13(11)14(17)16-12/h4-7,12H,8-10H2,1-3H3,(H,16,17)/t12-/m0/s1. The highest BCUT2D eigenvalue weighted by molar-refractivity contribution is 5.95. The summed E-state index contributed by atoms with van der Waals surface area (Å²) in [7, 11) is 0. The first-order valence-corrected chi connectivity index (χ1v) is 6.56. The molecule has 1 amide bonds. The average Bonchev–Trinajstić information content (AvgIpc) is 2.33. The Balaban J connectivity index is 2.04. The van der Waals surface area contributed by atoms with Crippen molar-refractivity contribution in [1.29, 1.82) is 0 Å². The SMILES string of the molecule is CC(C)(C)OC[C@@H]1COCc2ccccc2C(=O)N1. The minimum absolute atomic E-state index is 0.0543. The van der Waals surface area contributed by atoms with E-state index in [9.17, 15) is 4.79 Å². The number of carbonyl (C=O) groups excluding carboxylic acids is 1. The van der Waals surface area contributed by atoms with E-state index < -0.39 is 0 Å². The summed E-state index contributed by atoms with van der Waals surface area (Å²) in [5.74, 6) is -0.0543. The Kier molecular flexibility index (Phi) is 4.22. The van der Waals surface area contributed by atoms with Crippen LogP contribution in [-0.2, 0) is 16.1 Å². The molecule has 0 fully saturated rings. The van der Waals surface area contributed by atoms with Gasteiger partial charge < -0.3 is 14.8 Å². The van der Waals surface area contributed by atoms with E-state index in [2.05, 4.69) is 5.32 Å². The lowest BCUT2D eigenvalue weighted by atomic mass is 10.1. The van der Waals surface area contributed by atoms with Crippen molar-refractivity contribution in [2.45, 2.75) is 39.0 Å². The lowest BCUT2D eigenvalue weighted by Crippen LogP contribution is -2.44. The van der Waals surface area contributed by atoms with Gasteiger partial charge in [-0.05, 0) is 32.4 Å². The third-order valence-corrected chi connectivity index (χ3v) is 2.89. The predicted octanol–water partition coefficient (Wildman–Crippen LogP) is 2.13. The van der Waals surface area contributed by atoms with Gasteiger partial charge in [0.15, 0.2) is 0 Å². The Hall–Kier alpha value is -1.39. The van der Waals surface area contributed by atoms with Crippen molar-refractivity contribution in [3.63, 3.8) is 0 Å². The molecule has 0 spiro atoms. The van der Waals surface area contributed by atoms with E-state index in [1.165, 1.54) is 0 Å². The molecule has 0 radical (unpaired) electrons. The average molecular weight is 263 g/mol. The van der Waals surface area contributed by atoms with Crippen LogP contribution in [0.4, 0.5) is 0 Å². The molecule has 1 aromatic rings. The van der Waals surface area contributed by atoms with Crippen molar-refractivity contribution >= 4 is 5.91 Å². The zero-order valence-corrected chi connectivity index (χ0v) is 11.7. The first-order valence-electron chi connectivity index (χ1n) is 6.56. The summed E-state index contributed by atoms with van der Waals surface area (Å²) in [6.07, 6.45) is 0. The molecule has 0 saturated heterocycles. The number of benzene rings is 1. The van der Waals surface area contributed by atoms with Crippen LogP contribution in [0.2, 0.25) is 0 Å². The number of nitrogens with one attached hydrogen (secondary N) is 1. The first kappa shape index (κ1) is 14.0. The number of hydrogen-bond donors (Lipinski definition) is 1. The van der Waals surface area contributed by atoms with Gasteiger partial charge in [-0.1, -0.05) is 18.2 Å². The summed E-state index contributed by atoms with van der Waals surface area (Å²) in [6.45, 7) is 7.37. The number of rotatable bonds is 2. The van der Waals surface area contributed by atoms with Crippen molar-refractivity contribution in [1.82, 2.24) is 5.32 Å². The van der Waals surface area contributed by atoms with Crippen LogP contribution in [0.15, 0.2) is 24.3 Å². The molecule has 4 heteroatoms. The molecule has 1 aliphatic heterocycles. The monoisotopic (exact) mass is 263 g/mol. The van der Waals surface area contributed by atoms with Crippen LogP contribution >= 0.6 is 0 Å². The Morgan fingerprint density at radius 3 is 2.84 bits per heavy atom. The molecule has 0 unspecified atom stereocenters. The Morgan fingerprint density at radius 2 is 2.11 bits per heavy atom. The number of fused-ring (bicyclic) bond motifs is 1. The minimum atomic E-state index is -0.217. The van der Waals surface area contributed by atoms with E-state index in [1.54, 1.807) is 0 Å². The quantitative estimate of drug-likeness (QED) is 0.889. The van der Waals surface area contributed by atoms with Gasteiger partial charge in [0.1, 0.15) is 0 Å². The topological polar surface area (TPSA) is 47.6 Å². The van der Waals surface area contributed by atoms with Crippen LogP contribution < -0.4 is 5.32 Å². The van der Waals surface area contributed by atoms with Crippen LogP contribution in [0.5, 0.6) is 0 Å². The third kappa shape index (κ3) is 4.04. The Morgan fingerprint density at radius 1 is 1.37 bits per heavy atom. The molecular formula is C15H21NO3. The van der Waals surface area contributed by atoms with E-state index in [4.69, 9.17) is 9.47 Å². The summed E-state index contributed by atoms with van der Waals surface area (Å²) < 4.78 is 11.3. The van der Waals surface area contributed by atoms with Gasteiger partial charge in [0.05, 0.1) is 31.5 Å². The zero-order valence-electron chi connectivity index (χ0n) is 11.7. The first-order chi connectivity index (χ1) is 8.96. The second-order valence-corrected chi connectivity index (χ2v) is 5.77. The van der Waals surface area contributed by atoms with Crippen molar-refractivity contribution in [3.8, 4) is 0 Å². The summed E-state index contributed by atoms with van der Waals surface area (Å²) in [6, 6.07) is 7.40. The van der Waals surface area contributed by atoms with Gasteiger partial charge in [-0.25, -0.2) is 0 Å². The van der Waals surface area contributed by atoms with Crippen molar-refractivity contribution in [2.75, 3.05) is 13.2 Å². The van der Waals surface area contributed by atoms with E-state index in [1.807, 2.05) is 45.0 Å². The second-order valence-electron chi connectivity index (χ2n) is 5.77. The fourth-order valence-electron chi connectivity index (χ4n) is 1.92. The molecule has 0 aliphatic carbocycles. The maximum Gasteiger partial charge on any atom is 0.252 e. The van der Waals surface area contributed by atoms with E-state index in [0.717, 1.165) is 5.56 Å². The maximum atomic E-state index is 12.2. The normalized spacial score (nSPS) is 20.2. The lowest BCUT2D eigenvalue weighted by Gasteiger charge is -2.27. The number of hydrogen-bond acceptors (Lipinski definition) is 3. The summed E-state index contributed by atoms with van der Waals surface area (Å²) in [5.41, 5.74) is 1.39. The van der Waals surface area contributed by atoms with Gasteiger partial charge >= 0.3 is 0 Å². The third-order valence-electron chi connectivity index (χ3n) is 2.89. The van der Waals surface area contributed by atoms with Gasteiger partial charge in [-0.15, -0.1) is 0 Å². The molecular weight excluding hydrogens is 242 g/mol. The molecule has 1 heterocycles. The lowest BCUT2D eigenvalue weighted by molar-refractivity contribution is -0.0296. The molecule has 19 heavy (non-hydrogen) atoms. The fraction of sp³-hybridized carbons (Fsp3) is 0.533. The van der Waals surface area contributed by atoms with Crippen LogP contribution in [-0.4, -0.2) is 30.8 Å². The molecule has 2 rings (SSSR count). The smallest absolute Gasteiger partial charge is 0.252 e. The molecule has 1 aromatic carbocycles. The van der Waals surface area contributed by atoms with Crippen molar-refractivity contribution in [2.24, 2.45) is 0 Å². The van der Waals surface area contributed by atoms with Gasteiger partial charge in [0, 0.05) is 5.56 Å². The molecule has 4 nitrogen and oxygen atoms in total. The van der Waals surface area contributed by atoms with Gasteiger partial charge in [-0.3, -0.25) is 4.79 Å². The highest BCUT2D eigenvalue weighted by Gasteiger charge is 2.22. The van der Waals surface area contributed by atoms with Gasteiger partial charge in [-0.2, -0.15) is 0 Å². The number of carbonyl (C=O) groups is 1. The number of amides is 1. The fourth-order valence-corrected chi connectivity index (χ4v) is 1.92. The molecule has 1 aliphatic rings. The minimum Gasteiger partial charge on any atom is -0.375 e. The largest absolute Gasteiger partial charge is 0.375 e. The summed E-state index contributed by atoms with van der Waals surface area (Å²) >= 11 is 0. The van der Waals surface area contributed by atoms with Crippen LogP contribution in [0.3, 0.4) is 0 Å². The predicted molar refractivity (Wildman–Crippen MR) is 73.1 cm³/mol. The van der Waals surface area contributed by atoms with Gasteiger partial charge in [0.2, 0.25) is 0 Å². The molecule has 0 aromatic heterocycles. The van der Waals surface area contributed by atoms with Crippen LogP contribution in [0, 0.1) is 0 Å². The molecule has 0 saturated carbocycles. The van der Waals surface area contributed by atoms with E-state index in [0.29, 0.717) is 25.4 Å². The summed E-state index contributed by atoms with van der Waals surface area (Å²) in [5, 5.41) is 2.96. The molecule has 1 N–H and O–H groups in total. The second kappa shape index (κ2) is 5.72. The highest BCUT2D eigenvalue weighted by atomic mass is 16.5. The Labute approximate surface area is 114 Å². The summed E-state index contributed by atoms with van der Waals surface area (Å²) in [4.78, 5) is 12.2. The Bertz CT molecular complexity index is 451. The van der Waals surface area contributed by atoms with Crippen molar-refractivity contribution in [3.05, 3.63) is 35.4 Å². The van der Waals surface area contributed by atoms with Crippen molar-refractivity contribution < 1.29 is 14.3 Å². The van der Waals surface area contributed by atoms with Crippen LogP contribution in [0.1, 0.15) is 36.7 Å². The van der Waals surface area contributed by atoms with Gasteiger partial charge in [0.25, 0.3) is 5.91 Å². The molecule has 104 valence electrons. The highest BCUT2D eigenvalue weighted by Crippen LogP contribution is 2.14.